The van der Waals surface area contributed by atoms with Crippen LogP contribution in [0.4, 0.5) is 0 Å². The molecular weight excluding hydrogens is 460 g/mol. The van der Waals surface area contributed by atoms with Crippen molar-refractivity contribution in [1.29, 1.82) is 5.26 Å². The van der Waals surface area contributed by atoms with Crippen LogP contribution in [-0.2, 0) is 14.4 Å². The van der Waals surface area contributed by atoms with Crippen LogP contribution >= 0.6 is 0 Å². The topological polar surface area (TPSA) is 127 Å². The van der Waals surface area contributed by atoms with Crippen molar-refractivity contribution in [3.05, 3.63) is 99.0 Å². The zero-order valence-electron chi connectivity index (χ0n) is 19.9. The number of nitrogens with zero attached hydrogens (tertiary/aromatic N) is 3. The first-order chi connectivity index (χ1) is 17.4. The largest absolute Gasteiger partial charge is 0.462 e. The van der Waals surface area contributed by atoms with Crippen molar-refractivity contribution in [2.24, 2.45) is 0 Å². The molecule has 1 aromatic heterocycles. The summed E-state index contributed by atoms with van der Waals surface area (Å²) in [5.74, 6) is -1.27. The Labute approximate surface area is 207 Å². The lowest BCUT2D eigenvalue weighted by molar-refractivity contribution is -0.757. The molecule has 4 rings (SSSR count). The Morgan fingerprint density at radius 3 is 2.61 bits per heavy atom. The second kappa shape index (κ2) is 10.7. The van der Waals surface area contributed by atoms with Gasteiger partial charge in [0.2, 0.25) is 0 Å². The molecule has 1 N–H and O–H groups in total. The number of carbonyl (C=O) groups excluding carboxylic acids is 1. The molecule has 0 aliphatic carbocycles. The van der Waals surface area contributed by atoms with E-state index in [1.807, 2.05) is 54.6 Å². The van der Waals surface area contributed by atoms with Gasteiger partial charge in [0.05, 0.1) is 41.9 Å². The van der Waals surface area contributed by atoms with E-state index < -0.39 is 17.0 Å². The van der Waals surface area contributed by atoms with Crippen molar-refractivity contribution in [3.8, 4) is 17.2 Å². The number of aromatic nitrogens is 1. The summed E-state index contributed by atoms with van der Waals surface area (Å²) < 4.78 is 5.43. The van der Waals surface area contributed by atoms with Gasteiger partial charge in [-0.25, -0.2) is 4.79 Å². The number of fused-ring (bicyclic) bond motifs is 1. The van der Waals surface area contributed by atoms with E-state index in [0.29, 0.717) is 22.5 Å². The Bertz CT molecular complexity index is 1420. The summed E-state index contributed by atoms with van der Waals surface area (Å²) in [4.78, 5) is 32.5. The number of pyridine rings is 1. The summed E-state index contributed by atoms with van der Waals surface area (Å²) in [7, 11) is 0. The molecule has 182 valence electrons. The van der Waals surface area contributed by atoms with Gasteiger partial charge in [-0.15, -0.1) is 10.1 Å². The molecule has 0 saturated carbocycles. The highest BCUT2D eigenvalue weighted by Gasteiger charge is 2.35. The van der Waals surface area contributed by atoms with E-state index in [-0.39, 0.29) is 19.6 Å². The summed E-state index contributed by atoms with van der Waals surface area (Å²) in [6, 6.07) is 19.8. The highest BCUT2D eigenvalue weighted by molar-refractivity contribution is 5.96. The molecule has 2 aromatic carbocycles. The van der Waals surface area contributed by atoms with Crippen molar-refractivity contribution in [3.63, 3.8) is 0 Å². The van der Waals surface area contributed by atoms with Crippen molar-refractivity contribution in [1.82, 2.24) is 10.3 Å². The quantitative estimate of drug-likeness (QED) is 0.209. The number of rotatable bonds is 8. The lowest BCUT2D eigenvalue weighted by atomic mass is 9.79. The second-order valence-electron chi connectivity index (χ2n) is 8.30. The van der Waals surface area contributed by atoms with Gasteiger partial charge in [-0.2, -0.15) is 5.26 Å². The third-order valence-electron chi connectivity index (χ3n) is 6.00. The summed E-state index contributed by atoms with van der Waals surface area (Å²) >= 11 is 0. The SMILES string of the molecule is CC1=C(C#N)[C@@H](c2cccc3ncc(-c4ccccc4)cc23)C(C(=O)OCCCO[N+](=O)[O-])=C(C)N1. The van der Waals surface area contributed by atoms with E-state index in [9.17, 15) is 20.2 Å². The van der Waals surface area contributed by atoms with Crippen LogP contribution in [0.3, 0.4) is 0 Å². The van der Waals surface area contributed by atoms with E-state index in [0.717, 1.165) is 27.6 Å². The average Bonchev–Trinajstić information content (AvgIpc) is 2.87. The van der Waals surface area contributed by atoms with E-state index in [1.54, 1.807) is 20.0 Å². The highest BCUT2D eigenvalue weighted by atomic mass is 16.9. The van der Waals surface area contributed by atoms with Crippen molar-refractivity contribution < 1.29 is 19.5 Å². The minimum absolute atomic E-state index is 0.0595. The second-order valence-corrected chi connectivity index (χ2v) is 8.30. The highest BCUT2D eigenvalue weighted by Crippen LogP contribution is 2.41. The molecule has 0 amide bonds. The van der Waals surface area contributed by atoms with E-state index in [1.165, 1.54) is 0 Å². The number of hydrogen-bond donors (Lipinski definition) is 1. The fraction of sp³-hybridized carbons (Fsp3) is 0.222. The van der Waals surface area contributed by atoms with Crippen molar-refractivity contribution in [2.45, 2.75) is 26.2 Å². The average molecular weight is 485 g/mol. The molecular formula is C27H24N4O5. The smallest absolute Gasteiger partial charge is 0.336 e. The molecule has 0 saturated heterocycles. The van der Waals surface area contributed by atoms with Crippen LogP contribution in [0.15, 0.2) is 83.3 Å². The van der Waals surface area contributed by atoms with Gasteiger partial charge in [-0.1, -0.05) is 42.5 Å². The number of nitriles is 1. The van der Waals surface area contributed by atoms with Gasteiger partial charge in [-0.3, -0.25) is 4.98 Å². The Kier molecular flexibility index (Phi) is 7.25. The molecule has 1 atom stereocenters. The molecule has 0 bridgehead atoms. The van der Waals surface area contributed by atoms with E-state index in [2.05, 4.69) is 21.2 Å². The monoisotopic (exact) mass is 484 g/mol. The summed E-state index contributed by atoms with van der Waals surface area (Å²) in [6.45, 7) is 3.32. The Hall–Kier alpha value is -4.71. The standard InChI is InChI=1S/C27H24N4O5/c1-17-23(15-28)26(25(18(2)30-17)27(32)35-12-7-13-36-31(33)34)21-10-6-11-24-22(21)14-20(16-29-24)19-8-4-3-5-9-19/h3-6,8-11,14,16,26,30H,7,12-13H2,1-2H3/t26-/m1/s1. The third-order valence-corrected chi connectivity index (χ3v) is 6.00. The molecule has 1 aliphatic rings. The predicted octanol–water partition coefficient (Wildman–Crippen LogP) is 4.80. The van der Waals surface area contributed by atoms with Gasteiger partial charge in [0.15, 0.2) is 0 Å². The van der Waals surface area contributed by atoms with Crippen LogP contribution in [0, 0.1) is 21.4 Å². The first kappa shape index (κ1) is 24.4. The normalized spacial score (nSPS) is 15.3. The molecule has 9 heteroatoms. The van der Waals surface area contributed by atoms with Gasteiger partial charge >= 0.3 is 5.97 Å². The van der Waals surface area contributed by atoms with Gasteiger partial charge in [0.25, 0.3) is 5.09 Å². The van der Waals surface area contributed by atoms with Crippen LogP contribution in [0.25, 0.3) is 22.0 Å². The van der Waals surface area contributed by atoms with E-state index >= 15 is 0 Å². The van der Waals surface area contributed by atoms with E-state index in [4.69, 9.17) is 4.74 Å². The van der Waals surface area contributed by atoms with Crippen molar-refractivity contribution in [2.75, 3.05) is 13.2 Å². The molecule has 36 heavy (non-hydrogen) atoms. The first-order valence-electron chi connectivity index (χ1n) is 11.4. The maximum Gasteiger partial charge on any atom is 0.336 e. The number of nitrogens with one attached hydrogen (secondary N) is 1. The van der Waals surface area contributed by atoms with Crippen LogP contribution in [0.5, 0.6) is 0 Å². The fourth-order valence-electron chi connectivity index (χ4n) is 4.38. The fourth-order valence-corrected chi connectivity index (χ4v) is 4.38. The molecule has 0 fully saturated rings. The van der Waals surface area contributed by atoms with Gasteiger partial charge in [-0.05, 0) is 37.1 Å². The molecule has 0 unspecified atom stereocenters. The number of hydrogen-bond acceptors (Lipinski definition) is 8. The molecule has 0 spiro atoms. The number of ether oxygens (including phenoxy) is 1. The van der Waals surface area contributed by atoms with Crippen molar-refractivity contribution >= 4 is 16.9 Å². The van der Waals surface area contributed by atoms with Crippen LogP contribution < -0.4 is 5.32 Å². The minimum Gasteiger partial charge on any atom is -0.462 e. The number of allylic oxidation sites excluding steroid dienone is 3. The van der Waals surface area contributed by atoms with Gasteiger partial charge in [0.1, 0.15) is 0 Å². The Balaban J connectivity index is 1.76. The maximum absolute atomic E-state index is 13.2. The number of carbonyl (C=O) groups is 1. The molecule has 3 aromatic rings. The molecule has 2 heterocycles. The summed E-state index contributed by atoms with van der Waals surface area (Å²) in [5.41, 5.74) is 5.36. The van der Waals surface area contributed by atoms with Crippen LogP contribution in [-0.4, -0.2) is 29.3 Å². The minimum atomic E-state index is -0.888. The van der Waals surface area contributed by atoms with Crippen LogP contribution in [0.2, 0.25) is 0 Å². The lowest BCUT2D eigenvalue weighted by Crippen LogP contribution is -2.29. The first-order valence-corrected chi connectivity index (χ1v) is 11.4. The van der Waals surface area contributed by atoms with Crippen LogP contribution in [0.1, 0.15) is 31.7 Å². The Morgan fingerprint density at radius 2 is 1.89 bits per heavy atom. The zero-order chi connectivity index (χ0) is 25.7. The zero-order valence-corrected chi connectivity index (χ0v) is 19.9. The Morgan fingerprint density at radius 1 is 1.11 bits per heavy atom. The van der Waals surface area contributed by atoms with Gasteiger partial charge in [0, 0.05) is 35.0 Å². The maximum atomic E-state index is 13.2. The lowest BCUT2D eigenvalue weighted by Gasteiger charge is -2.29. The molecule has 9 nitrogen and oxygen atoms in total. The molecule has 0 radical (unpaired) electrons. The number of esters is 1. The molecule has 1 aliphatic heterocycles. The van der Waals surface area contributed by atoms with Gasteiger partial charge < -0.3 is 14.9 Å². The summed E-state index contributed by atoms with van der Waals surface area (Å²) in [6.07, 6.45) is 1.97. The number of dihydropyridines is 1. The predicted molar refractivity (Wildman–Crippen MR) is 133 cm³/mol. The third kappa shape index (κ3) is 5.03. The summed E-state index contributed by atoms with van der Waals surface area (Å²) in [5, 5.41) is 23.4. The number of benzene rings is 2.